The van der Waals surface area contributed by atoms with Gasteiger partial charge in [-0.15, -0.1) is 0 Å². The predicted octanol–water partition coefficient (Wildman–Crippen LogP) is 1.65. The number of rotatable bonds is 1. The molecule has 0 aromatic heterocycles. The molecule has 0 radical (unpaired) electrons. The third-order valence-corrected chi connectivity index (χ3v) is 3.39. The fraction of sp³-hybridized carbons (Fsp3) is 0.917. The van der Waals surface area contributed by atoms with Gasteiger partial charge in [-0.3, -0.25) is 0 Å². The summed E-state index contributed by atoms with van der Waals surface area (Å²) in [4.78, 5) is 11.6. The number of piperidine rings is 1. The quantitative estimate of drug-likeness (QED) is 0.715. The van der Waals surface area contributed by atoms with Gasteiger partial charge in [0.1, 0.15) is 5.60 Å². The van der Waals surface area contributed by atoms with Crippen molar-refractivity contribution in [2.75, 3.05) is 13.1 Å². The molecular formula is C12H22N2O2. The molecule has 1 saturated heterocycles. The molecule has 0 unspecified atom stereocenters. The SMILES string of the molecule is CC(C)(C)OC(=O)N[C@H]1C[C@@]12CCCNC2. The molecule has 0 aromatic carbocycles. The number of amides is 1. The van der Waals surface area contributed by atoms with E-state index >= 15 is 0 Å². The lowest BCUT2D eigenvalue weighted by atomic mass is 9.96. The molecule has 2 atom stereocenters. The van der Waals surface area contributed by atoms with E-state index in [0.717, 1.165) is 19.5 Å². The zero-order chi connectivity index (χ0) is 11.8. The van der Waals surface area contributed by atoms with Crippen molar-refractivity contribution in [2.45, 2.75) is 51.7 Å². The lowest BCUT2D eigenvalue weighted by Crippen LogP contribution is -2.40. The molecule has 92 valence electrons. The van der Waals surface area contributed by atoms with Gasteiger partial charge < -0.3 is 15.4 Å². The molecule has 0 bridgehead atoms. The number of carbonyl (C=O) groups excluding carboxylic acids is 1. The molecule has 1 amide bonds. The van der Waals surface area contributed by atoms with E-state index in [4.69, 9.17) is 4.74 Å². The van der Waals surface area contributed by atoms with Gasteiger partial charge >= 0.3 is 6.09 Å². The first-order valence-electron chi connectivity index (χ1n) is 6.12. The van der Waals surface area contributed by atoms with Crippen LogP contribution in [-0.4, -0.2) is 30.8 Å². The smallest absolute Gasteiger partial charge is 0.407 e. The summed E-state index contributed by atoms with van der Waals surface area (Å²) in [7, 11) is 0. The number of ether oxygens (including phenoxy) is 1. The Kier molecular flexibility index (Phi) is 2.86. The Morgan fingerprint density at radius 1 is 1.50 bits per heavy atom. The maximum atomic E-state index is 11.6. The highest BCUT2D eigenvalue weighted by molar-refractivity contribution is 5.68. The number of hydrogen-bond donors (Lipinski definition) is 2. The molecule has 0 aromatic rings. The molecular weight excluding hydrogens is 204 g/mol. The fourth-order valence-corrected chi connectivity index (χ4v) is 2.46. The van der Waals surface area contributed by atoms with Crippen molar-refractivity contribution >= 4 is 6.09 Å². The summed E-state index contributed by atoms with van der Waals surface area (Å²) in [6, 6.07) is 0.315. The van der Waals surface area contributed by atoms with E-state index in [0.29, 0.717) is 11.5 Å². The van der Waals surface area contributed by atoms with Crippen LogP contribution in [0.1, 0.15) is 40.0 Å². The average Bonchev–Trinajstić information content (AvgIpc) is 2.75. The molecule has 4 heteroatoms. The summed E-state index contributed by atoms with van der Waals surface area (Å²) < 4.78 is 5.25. The first-order valence-corrected chi connectivity index (χ1v) is 6.12. The highest BCUT2D eigenvalue weighted by atomic mass is 16.6. The standard InChI is InChI=1S/C12H22N2O2/c1-11(2,3)16-10(15)14-9-7-12(9)5-4-6-13-8-12/h9,13H,4-8H2,1-3H3,(H,14,15)/t9-,12+/m0/s1. The normalized spacial score (nSPS) is 33.6. The van der Waals surface area contributed by atoms with E-state index in [-0.39, 0.29) is 6.09 Å². The van der Waals surface area contributed by atoms with Gasteiger partial charge in [0, 0.05) is 18.0 Å². The van der Waals surface area contributed by atoms with Gasteiger partial charge in [0.2, 0.25) is 0 Å². The maximum Gasteiger partial charge on any atom is 0.407 e. The molecule has 1 aliphatic carbocycles. The van der Waals surface area contributed by atoms with Crippen molar-refractivity contribution in [3.05, 3.63) is 0 Å². The van der Waals surface area contributed by atoms with E-state index in [1.54, 1.807) is 0 Å². The Labute approximate surface area is 97.1 Å². The molecule has 2 N–H and O–H groups in total. The van der Waals surface area contributed by atoms with Crippen molar-refractivity contribution in [2.24, 2.45) is 5.41 Å². The minimum absolute atomic E-state index is 0.278. The minimum atomic E-state index is -0.406. The van der Waals surface area contributed by atoms with Crippen LogP contribution in [0, 0.1) is 5.41 Å². The van der Waals surface area contributed by atoms with E-state index < -0.39 is 5.60 Å². The largest absolute Gasteiger partial charge is 0.444 e. The van der Waals surface area contributed by atoms with Crippen LogP contribution in [0.25, 0.3) is 0 Å². The van der Waals surface area contributed by atoms with Crippen LogP contribution in [0.5, 0.6) is 0 Å². The summed E-state index contributed by atoms with van der Waals surface area (Å²) in [5.74, 6) is 0. The Balaban J connectivity index is 1.78. The number of carbonyl (C=O) groups is 1. The summed E-state index contributed by atoms with van der Waals surface area (Å²) in [6.07, 6.45) is 3.26. The number of alkyl carbamates (subject to hydrolysis) is 1. The van der Waals surface area contributed by atoms with Crippen molar-refractivity contribution in [3.63, 3.8) is 0 Å². The molecule has 1 saturated carbocycles. The van der Waals surface area contributed by atoms with Crippen LogP contribution in [-0.2, 0) is 4.74 Å². The van der Waals surface area contributed by atoms with Crippen LogP contribution in [0.4, 0.5) is 4.79 Å². The van der Waals surface area contributed by atoms with Crippen LogP contribution in [0.2, 0.25) is 0 Å². The van der Waals surface area contributed by atoms with E-state index in [1.807, 2.05) is 20.8 Å². The van der Waals surface area contributed by atoms with Crippen molar-refractivity contribution in [3.8, 4) is 0 Å². The van der Waals surface area contributed by atoms with Gasteiger partial charge in [-0.1, -0.05) is 0 Å². The van der Waals surface area contributed by atoms with Gasteiger partial charge in [0.15, 0.2) is 0 Å². The topological polar surface area (TPSA) is 50.4 Å². The highest BCUT2D eigenvalue weighted by Crippen LogP contribution is 2.50. The molecule has 2 rings (SSSR count). The molecule has 1 heterocycles. The van der Waals surface area contributed by atoms with E-state index in [2.05, 4.69) is 10.6 Å². The van der Waals surface area contributed by atoms with Crippen molar-refractivity contribution < 1.29 is 9.53 Å². The molecule has 2 fully saturated rings. The monoisotopic (exact) mass is 226 g/mol. The molecule has 4 nitrogen and oxygen atoms in total. The second kappa shape index (κ2) is 3.91. The summed E-state index contributed by atoms with van der Waals surface area (Å²) in [5, 5.41) is 6.37. The zero-order valence-electron chi connectivity index (χ0n) is 10.4. The minimum Gasteiger partial charge on any atom is -0.444 e. The summed E-state index contributed by atoms with van der Waals surface area (Å²) >= 11 is 0. The number of nitrogens with one attached hydrogen (secondary N) is 2. The number of hydrogen-bond acceptors (Lipinski definition) is 3. The summed E-state index contributed by atoms with van der Waals surface area (Å²) in [5.41, 5.74) is -0.0773. The lowest BCUT2D eigenvalue weighted by Gasteiger charge is -2.24. The van der Waals surface area contributed by atoms with E-state index in [9.17, 15) is 4.79 Å². The summed E-state index contributed by atoms with van der Waals surface area (Å²) in [6.45, 7) is 7.81. The lowest BCUT2D eigenvalue weighted by molar-refractivity contribution is 0.0514. The maximum absolute atomic E-state index is 11.6. The van der Waals surface area contributed by atoms with Gasteiger partial charge in [-0.25, -0.2) is 4.79 Å². The fourth-order valence-electron chi connectivity index (χ4n) is 2.46. The second-order valence-electron chi connectivity index (χ2n) is 6.05. The first kappa shape index (κ1) is 11.7. The molecule has 1 aliphatic heterocycles. The molecule has 1 spiro atoms. The Morgan fingerprint density at radius 3 is 2.81 bits per heavy atom. The third kappa shape index (κ3) is 2.67. The first-order chi connectivity index (χ1) is 7.41. The van der Waals surface area contributed by atoms with Gasteiger partial charge in [0.05, 0.1) is 0 Å². The van der Waals surface area contributed by atoms with Crippen LogP contribution < -0.4 is 10.6 Å². The van der Waals surface area contributed by atoms with Gasteiger partial charge in [-0.05, 0) is 46.6 Å². The van der Waals surface area contributed by atoms with E-state index in [1.165, 1.54) is 12.8 Å². The molecule has 16 heavy (non-hydrogen) atoms. The van der Waals surface area contributed by atoms with Crippen molar-refractivity contribution in [1.29, 1.82) is 0 Å². The zero-order valence-corrected chi connectivity index (χ0v) is 10.4. The van der Waals surface area contributed by atoms with Crippen LogP contribution in [0.3, 0.4) is 0 Å². The van der Waals surface area contributed by atoms with Gasteiger partial charge in [-0.2, -0.15) is 0 Å². The molecule has 2 aliphatic rings. The third-order valence-electron chi connectivity index (χ3n) is 3.39. The predicted molar refractivity (Wildman–Crippen MR) is 62.3 cm³/mol. The van der Waals surface area contributed by atoms with Crippen LogP contribution >= 0.6 is 0 Å². The Bertz CT molecular complexity index is 277. The van der Waals surface area contributed by atoms with Gasteiger partial charge in [0.25, 0.3) is 0 Å². The highest BCUT2D eigenvalue weighted by Gasteiger charge is 2.55. The Hall–Kier alpha value is -0.770. The van der Waals surface area contributed by atoms with Crippen LogP contribution in [0.15, 0.2) is 0 Å². The Morgan fingerprint density at radius 2 is 2.25 bits per heavy atom. The second-order valence-corrected chi connectivity index (χ2v) is 6.05. The van der Waals surface area contributed by atoms with Crippen molar-refractivity contribution in [1.82, 2.24) is 10.6 Å². The average molecular weight is 226 g/mol.